The normalized spacial score (nSPS) is 15.0. The van der Waals surface area contributed by atoms with Crippen molar-refractivity contribution in [3.8, 4) is 0 Å². The van der Waals surface area contributed by atoms with Crippen LogP contribution in [0.15, 0.2) is 42.9 Å². The molecule has 1 aliphatic rings. The van der Waals surface area contributed by atoms with Gasteiger partial charge >= 0.3 is 59.7 Å². The van der Waals surface area contributed by atoms with Gasteiger partial charge in [0.25, 0.3) is 0 Å². The number of aromatic nitrogens is 2. The van der Waals surface area contributed by atoms with E-state index in [1.54, 1.807) is 20.0 Å². The third kappa shape index (κ3) is 43.1. The van der Waals surface area contributed by atoms with Crippen molar-refractivity contribution in [2.24, 2.45) is 69.2 Å². The van der Waals surface area contributed by atoms with E-state index in [1.165, 1.54) is 13.3 Å². The molecule has 1 fully saturated rings. The average Bonchev–Trinajstić information content (AvgIpc) is 4.12. The zero-order valence-electron chi connectivity index (χ0n) is 44.6. The summed E-state index contributed by atoms with van der Waals surface area (Å²) in [5, 5.41) is 52.5. The minimum Gasteiger partial charge on any atom is -0.480 e. The van der Waals surface area contributed by atoms with Crippen LogP contribution in [0.1, 0.15) is 71.6 Å². The van der Waals surface area contributed by atoms with Crippen molar-refractivity contribution in [2.75, 3.05) is 26.2 Å². The lowest BCUT2D eigenvalue weighted by molar-refractivity contribution is -0.163. The number of esters is 4. The van der Waals surface area contributed by atoms with Crippen molar-refractivity contribution in [2.45, 2.75) is 128 Å². The molecule has 0 spiro atoms. The van der Waals surface area contributed by atoms with Gasteiger partial charge in [-0.25, -0.2) is 14.6 Å². The number of amides is 1. The van der Waals surface area contributed by atoms with Crippen LogP contribution < -0.4 is 62.7 Å². The number of carboxylic acids is 6. The Balaban J connectivity index is -0.000000429. The zero-order valence-corrected chi connectivity index (χ0v) is 44.6. The molecule has 28 N–H and O–H groups in total. The number of carboxylic acid groups (broad SMARTS) is 6. The first-order valence-corrected chi connectivity index (χ1v) is 23.8. The molecule has 79 heavy (non-hydrogen) atoms. The van der Waals surface area contributed by atoms with E-state index in [1.807, 2.05) is 44.2 Å². The summed E-state index contributed by atoms with van der Waals surface area (Å²) in [6.45, 7) is 8.48. The molecule has 9 atom stereocenters. The Morgan fingerprint density at radius 2 is 1.16 bits per heavy atom. The molecular weight excluding hydrogens is 1050 g/mol. The Kier molecular flexibility index (Phi) is 43.8. The molecule has 3 rings (SSSR count). The fraction of sp³-hybridized carbons (Fsp3) is 0.565. The highest BCUT2D eigenvalue weighted by Crippen LogP contribution is 2.06. The lowest BCUT2D eigenvalue weighted by Gasteiger charge is -2.19. The number of primary amides is 1. The Morgan fingerprint density at radius 3 is 1.52 bits per heavy atom. The summed E-state index contributed by atoms with van der Waals surface area (Å²) >= 11 is 0. The molecule has 450 valence electrons. The Labute approximate surface area is 454 Å². The molecule has 2 aromatic rings. The summed E-state index contributed by atoms with van der Waals surface area (Å²) in [4.78, 5) is 122. The molecule has 2 heterocycles. The summed E-state index contributed by atoms with van der Waals surface area (Å²) in [7, 11) is 0. The summed E-state index contributed by atoms with van der Waals surface area (Å²) in [5.74, 6) is -9.88. The number of H-pyrrole nitrogens is 1. The summed E-state index contributed by atoms with van der Waals surface area (Å²) < 4.78 is 13.7. The van der Waals surface area contributed by atoms with Crippen LogP contribution in [0.25, 0.3) is 0 Å². The quantitative estimate of drug-likeness (QED) is 0.0281. The van der Waals surface area contributed by atoms with Gasteiger partial charge in [0, 0.05) is 12.6 Å². The summed E-state index contributed by atoms with van der Waals surface area (Å²) in [5.41, 5.74) is 53.2. The Morgan fingerprint density at radius 1 is 0.658 bits per heavy atom. The number of carbonyl (C=O) groups excluding carboxylic acids is 5. The highest BCUT2D eigenvalue weighted by atomic mass is 16.6. The van der Waals surface area contributed by atoms with Crippen molar-refractivity contribution >= 4 is 65.6 Å². The molecular formula is C46H81N13O20. The Bertz CT molecular complexity index is 2120. The van der Waals surface area contributed by atoms with Crippen LogP contribution in [0, 0.1) is 11.8 Å². The SMILES string of the molecule is CC(C)C[C@H](N)C(=O)OC(=O)[C@@H](N)CC(N)=O.CC(C)[C@H](N)C(=O)O.C[C@@H](OC(=O)[C@@H](N)COC(=O)CN)[C@H](N)C(=O)O.NCC(=O)O.N[C@@H](Cc1c[nH]cn1)C(=O)O.N[C@@H](Cc1ccccc1)C(=O)O.O=C(O)[C@@H]1CCCN1. The topological polar surface area (TPSA) is 638 Å². The van der Waals surface area contributed by atoms with E-state index in [0.717, 1.165) is 24.9 Å². The standard InChI is InChI=1S/C10H19N3O4.C9H17N3O6.C9H11NO2.C6H9N3O2.C5H9NO2.C5H11NO2.C2H5NO2/c1-5(2)3-6(11)9(15)17-10(16)7(12)4-8(13)14;1-4(7(12)8(14)15)18-9(16)5(11)3-17-6(13)2-10;10-8(9(11)12)6-7-4-2-1-3-5-7;7-5(6(10)11)1-4-2-8-3-9-4;7-5(8)4-2-1-3-6-4;1-3(2)4(6)5(7)8;3-1-2(4)5/h5-7H,3-4,11-12H2,1-2H3,(H2,13,14);4-5,7H,2-3,10-12H2,1H3,(H,14,15);1-5,8H,6,10H2,(H,11,12);2-3,5H,1,7H2,(H,8,9)(H,10,11);4,6H,1-3H2,(H,7,8);3-4H,6H2,1-2H3,(H,7,8);1,3H2,(H,4,5)/t6-,7-;4-,5+,7+;8-;5-;2*4-;/m010000./s1. The van der Waals surface area contributed by atoms with Crippen LogP contribution in [0.3, 0.4) is 0 Å². The number of hydrogen-bond donors (Lipinski definition) is 18. The van der Waals surface area contributed by atoms with Gasteiger partial charge < -0.3 is 112 Å². The van der Waals surface area contributed by atoms with Gasteiger partial charge in [0.15, 0.2) is 0 Å². The number of hydrogen-bond acceptors (Lipinski definition) is 25. The van der Waals surface area contributed by atoms with Gasteiger partial charge in [0.05, 0.1) is 31.5 Å². The van der Waals surface area contributed by atoms with Crippen LogP contribution in [-0.4, -0.2) is 187 Å². The highest BCUT2D eigenvalue weighted by Gasteiger charge is 2.27. The average molecular weight is 1140 g/mol. The molecule has 0 radical (unpaired) electrons. The third-order valence-electron chi connectivity index (χ3n) is 9.39. The first kappa shape index (κ1) is 77.9. The van der Waals surface area contributed by atoms with Gasteiger partial charge in [0.1, 0.15) is 61.0 Å². The van der Waals surface area contributed by atoms with Crippen LogP contribution in [0.5, 0.6) is 0 Å². The molecule has 33 nitrogen and oxygen atoms in total. The van der Waals surface area contributed by atoms with E-state index in [2.05, 4.69) is 30.5 Å². The molecule has 0 saturated carbocycles. The zero-order chi connectivity index (χ0) is 62.1. The summed E-state index contributed by atoms with van der Waals surface area (Å²) in [6, 6.07) is 2.02. The number of nitrogens with zero attached hydrogens (tertiary/aromatic N) is 1. The van der Waals surface area contributed by atoms with Crippen LogP contribution >= 0.6 is 0 Å². The van der Waals surface area contributed by atoms with Gasteiger partial charge in [-0.1, -0.05) is 58.0 Å². The van der Waals surface area contributed by atoms with E-state index in [9.17, 15) is 52.7 Å². The highest BCUT2D eigenvalue weighted by molar-refractivity contribution is 5.93. The van der Waals surface area contributed by atoms with Crippen LogP contribution in [0.4, 0.5) is 0 Å². The van der Waals surface area contributed by atoms with Crippen molar-refractivity contribution in [3.63, 3.8) is 0 Å². The summed E-state index contributed by atoms with van der Waals surface area (Å²) in [6.07, 6.45) is 4.53. The number of aliphatic carboxylic acids is 6. The molecule has 0 unspecified atom stereocenters. The maximum atomic E-state index is 11.4. The number of nitrogens with one attached hydrogen (secondary N) is 2. The number of imidazole rings is 1. The van der Waals surface area contributed by atoms with E-state index in [-0.39, 0.29) is 43.8 Å². The van der Waals surface area contributed by atoms with Crippen molar-refractivity contribution in [3.05, 3.63) is 54.1 Å². The molecule has 1 saturated heterocycles. The second-order valence-corrected chi connectivity index (χ2v) is 17.3. The predicted octanol–water partition coefficient (Wildman–Crippen LogP) is -5.30. The second kappa shape index (κ2) is 44.4. The van der Waals surface area contributed by atoms with Crippen molar-refractivity contribution in [1.82, 2.24) is 15.3 Å². The van der Waals surface area contributed by atoms with Gasteiger partial charge in [-0.15, -0.1) is 0 Å². The fourth-order valence-electron chi connectivity index (χ4n) is 4.86. The van der Waals surface area contributed by atoms with Gasteiger partial charge in [0.2, 0.25) is 5.91 Å². The fourth-order valence-corrected chi connectivity index (χ4v) is 4.86. The van der Waals surface area contributed by atoms with Crippen molar-refractivity contribution < 1.29 is 97.6 Å². The molecule has 0 aliphatic carbocycles. The number of benzene rings is 1. The minimum absolute atomic E-state index is 0.0208. The van der Waals surface area contributed by atoms with Gasteiger partial charge in [-0.2, -0.15) is 0 Å². The number of nitrogens with two attached hydrogens (primary N) is 10. The number of ether oxygens (including phenoxy) is 3. The molecule has 1 aromatic carbocycles. The third-order valence-corrected chi connectivity index (χ3v) is 9.39. The minimum atomic E-state index is -1.35. The van der Waals surface area contributed by atoms with Crippen molar-refractivity contribution in [1.29, 1.82) is 0 Å². The first-order valence-electron chi connectivity index (χ1n) is 23.8. The van der Waals surface area contributed by atoms with Gasteiger partial charge in [-0.05, 0) is 56.6 Å². The van der Waals surface area contributed by atoms with E-state index >= 15 is 0 Å². The largest absolute Gasteiger partial charge is 0.480 e. The van der Waals surface area contributed by atoms with Crippen LogP contribution in [-0.2, 0) is 79.8 Å². The number of rotatable bonds is 23. The maximum Gasteiger partial charge on any atom is 0.331 e. The maximum absolute atomic E-state index is 11.4. The predicted molar refractivity (Wildman–Crippen MR) is 279 cm³/mol. The lowest BCUT2D eigenvalue weighted by atomic mass is 10.1. The second-order valence-electron chi connectivity index (χ2n) is 17.3. The van der Waals surface area contributed by atoms with Gasteiger partial charge in [-0.3, -0.25) is 43.2 Å². The van der Waals surface area contributed by atoms with E-state index in [4.69, 9.17) is 87.0 Å². The number of aromatic amines is 1. The first-order chi connectivity index (χ1) is 36.5. The monoisotopic (exact) mass is 1140 g/mol. The molecule has 33 heteroatoms. The smallest absolute Gasteiger partial charge is 0.331 e. The van der Waals surface area contributed by atoms with E-state index < -0.39 is 121 Å². The molecule has 1 aliphatic heterocycles. The molecule has 1 aromatic heterocycles. The number of carbonyl (C=O) groups is 11. The van der Waals surface area contributed by atoms with Crippen LogP contribution in [0.2, 0.25) is 0 Å². The van der Waals surface area contributed by atoms with E-state index in [0.29, 0.717) is 18.5 Å². The lowest BCUT2D eigenvalue weighted by Crippen LogP contribution is -2.46. The Hall–Kier alpha value is -7.60. The molecule has 1 amide bonds. The molecule has 0 bridgehead atoms.